The van der Waals surface area contributed by atoms with E-state index in [1.807, 2.05) is 36.2 Å². The second-order valence-corrected chi connectivity index (χ2v) is 7.13. The fraction of sp³-hybridized carbons (Fsp3) is 0.429. The van der Waals surface area contributed by atoms with Gasteiger partial charge in [-0.25, -0.2) is 0 Å². The van der Waals surface area contributed by atoms with Gasteiger partial charge in [0.25, 0.3) is 0 Å². The Balaban J connectivity index is 1.77. The first-order valence-electron chi connectivity index (χ1n) is 9.11. The topological polar surface area (TPSA) is 49.6 Å². The van der Waals surface area contributed by atoms with Gasteiger partial charge in [0.1, 0.15) is 0 Å². The summed E-state index contributed by atoms with van der Waals surface area (Å²) in [5.74, 6) is 0.663. The molecule has 0 N–H and O–H groups in total. The Hall–Kier alpha value is -2.56. The Kier molecular flexibility index (Phi) is 5.45. The summed E-state index contributed by atoms with van der Waals surface area (Å²) < 4.78 is 5.08. The number of anilines is 1. The molecule has 0 spiro atoms. The molecular weight excluding hydrogens is 326 g/mol. The summed E-state index contributed by atoms with van der Waals surface area (Å²) in [5, 5.41) is 0. The molecule has 0 radical (unpaired) electrons. The van der Waals surface area contributed by atoms with Crippen LogP contribution in [0.2, 0.25) is 0 Å². The van der Waals surface area contributed by atoms with Crippen LogP contribution in [0.1, 0.15) is 30.2 Å². The summed E-state index contributed by atoms with van der Waals surface area (Å²) in [6, 6.07) is 4.14. The lowest BCUT2D eigenvalue weighted by molar-refractivity contribution is -0.132. The van der Waals surface area contributed by atoms with Crippen molar-refractivity contribution in [3.63, 3.8) is 0 Å². The highest BCUT2D eigenvalue weighted by molar-refractivity contribution is 5.79. The molecule has 2 aromatic rings. The van der Waals surface area contributed by atoms with Crippen LogP contribution in [0.4, 0.5) is 5.69 Å². The van der Waals surface area contributed by atoms with E-state index >= 15 is 0 Å². The monoisotopic (exact) mass is 353 g/mol. The third-order valence-corrected chi connectivity index (χ3v) is 5.45. The van der Waals surface area contributed by atoms with Gasteiger partial charge in [-0.2, -0.15) is 0 Å². The van der Waals surface area contributed by atoms with Gasteiger partial charge < -0.3 is 14.2 Å². The molecule has 138 valence electrons. The maximum absolute atomic E-state index is 12.7. The molecule has 2 atom stereocenters. The molecule has 3 heterocycles. The Labute approximate surface area is 155 Å². The van der Waals surface area contributed by atoms with Gasteiger partial charge in [0.15, 0.2) is 0 Å². The van der Waals surface area contributed by atoms with E-state index in [9.17, 15) is 4.79 Å². The van der Waals surface area contributed by atoms with Crippen molar-refractivity contribution in [3.05, 3.63) is 54.3 Å². The lowest BCUT2D eigenvalue weighted by atomic mass is 9.91. The summed E-state index contributed by atoms with van der Waals surface area (Å²) in [6.45, 7) is 9.75. The summed E-state index contributed by atoms with van der Waals surface area (Å²) in [7, 11) is 2.10. The van der Waals surface area contributed by atoms with Crippen LogP contribution < -0.4 is 4.90 Å². The fourth-order valence-corrected chi connectivity index (χ4v) is 3.76. The van der Waals surface area contributed by atoms with Crippen molar-refractivity contribution in [3.8, 4) is 0 Å². The first-order valence-corrected chi connectivity index (χ1v) is 9.11. The van der Waals surface area contributed by atoms with E-state index in [0.29, 0.717) is 12.3 Å². The molecule has 0 aliphatic carbocycles. The van der Waals surface area contributed by atoms with Gasteiger partial charge in [-0.15, -0.1) is 0 Å². The number of amides is 1. The molecule has 1 aliphatic rings. The Morgan fingerprint density at radius 3 is 3.00 bits per heavy atom. The predicted octanol–water partition coefficient (Wildman–Crippen LogP) is 3.54. The number of piperidine rings is 1. The number of carbonyl (C=O) groups excluding carboxylic acids is 1. The number of hydrogen-bond donors (Lipinski definition) is 0. The highest BCUT2D eigenvalue weighted by Crippen LogP contribution is 2.29. The predicted molar refractivity (Wildman–Crippen MR) is 104 cm³/mol. The smallest absolute Gasteiger partial charge is 0.227 e. The van der Waals surface area contributed by atoms with E-state index in [0.717, 1.165) is 42.0 Å². The van der Waals surface area contributed by atoms with E-state index in [4.69, 9.17) is 4.42 Å². The molecular formula is C21H27N3O2. The minimum Gasteiger partial charge on any atom is -0.472 e. The molecule has 2 aromatic heterocycles. The zero-order valence-corrected chi connectivity index (χ0v) is 15.8. The Bertz CT molecular complexity index is 770. The van der Waals surface area contributed by atoms with Crippen LogP contribution >= 0.6 is 0 Å². The molecule has 0 bridgehead atoms. The highest BCUT2D eigenvalue weighted by Gasteiger charge is 2.32. The van der Waals surface area contributed by atoms with Crippen LogP contribution in [-0.4, -0.2) is 42.0 Å². The van der Waals surface area contributed by atoms with Crippen molar-refractivity contribution < 1.29 is 9.21 Å². The first kappa shape index (κ1) is 18.2. The lowest BCUT2D eigenvalue weighted by Crippen LogP contribution is -2.53. The van der Waals surface area contributed by atoms with Crippen LogP contribution in [0, 0.1) is 12.8 Å². The van der Waals surface area contributed by atoms with Gasteiger partial charge in [-0.05, 0) is 37.0 Å². The maximum atomic E-state index is 12.7. The van der Waals surface area contributed by atoms with Gasteiger partial charge in [0, 0.05) is 49.3 Å². The molecule has 5 nitrogen and oxygen atoms in total. The van der Waals surface area contributed by atoms with Crippen LogP contribution in [-0.2, 0) is 11.2 Å². The van der Waals surface area contributed by atoms with E-state index in [1.54, 1.807) is 12.5 Å². The number of likely N-dealkylation sites (tertiary alicyclic amines) is 1. The molecule has 3 rings (SSSR count). The molecule has 0 aromatic carbocycles. The standard InChI is InChI=1S/C21H27N3O2/c1-5-18-16(3)22-9-6-19(18)23(4)20-13-24(10-7-15(20)2)21(25)12-17-8-11-26-14-17/h5-6,8-9,11,14-15,20H,1,7,10,12-13H2,2-4H3/t15-,20?/m1/s1. The van der Waals surface area contributed by atoms with E-state index < -0.39 is 0 Å². The van der Waals surface area contributed by atoms with Gasteiger partial charge in [-0.3, -0.25) is 9.78 Å². The maximum Gasteiger partial charge on any atom is 0.227 e. The third-order valence-electron chi connectivity index (χ3n) is 5.45. The number of hydrogen-bond acceptors (Lipinski definition) is 4. The van der Waals surface area contributed by atoms with Crippen molar-refractivity contribution in [1.29, 1.82) is 0 Å². The molecule has 1 aliphatic heterocycles. The van der Waals surface area contributed by atoms with Crippen LogP contribution in [0.5, 0.6) is 0 Å². The molecule has 1 saturated heterocycles. The normalized spacial score (nSPS) is 20.0. The number of nitrogens with zero attached hydrogens (tertiary/aromatic N) is 3. The average molecular weight is 353 g/mol. The zero-order chi connectivity index (χ0) is 18.7. The molecule has 5 heteroatoms. The van der Waals surface area contributed by atoms with E-state index in [2.05, 4.69) is 30.4 Å². The van der Waals surface area contributed by atoms with Crippen LogP contribution in [0.3, 0.4) is 0 Å². The summed E-state index contributed by atoms with van der Waals surface area (Å²) in [4.78, 5) is 21.3. The van der Waals surface area contributed by atoms with Crippen molar-refractivity contribution in [1.82, 2.24) is 9.88 Å². The van der Waals surface area contributed by atoms with Gasteiger partial charge >= 0.3 is 0 Å². The minimum absolute atomic E-state index is 0.159. The van der Waals surface area contributed by atoms with Gasteiger partial charge in [-0.1, -0.05) is 19.6 Å². The van der Waals surface area contributed by atoms with Crippen LogP contribution in [0.15, 0.2) is 41.9 Å². The van der Waals surface area contributed by atoms with Gasteiger partial charge in [0.2, 0.25) is 5.91 Å². The number of aromatic nitrogens is 1. The van der Waals surface area contributed by atoms with E-state index in [1.165, 1.54) is 0 Å². The quantitative estimate of drug-likeness (QED) is 0.825. The van der Waals surface area contributed by atoms with Gasteiger partial charge in [0.05, 0.1) is 18.9 Å². The number of likely N-dealkylation sites (N-methyl/N-ethyl adjacent to an activating group) is 1. The molecule has 1 fully saturated rings. The van der Waals surface area contributed by atoms with Crippen molar-refractivity contribution in [2.75, 3.05) is 25.0 Å². The lowest BCUT2D eigenvalue weighted by Gasteiger charge is -2.43. The Morgan fingerprint density at radius 1 is 1.50 bits per heavy atom. The largest absolute Gasteiger partial charge is 0.472 e. The van der Waals surface area contributed by atoms with Crippen molar-refractivity contribution in [2.24, 2.45) is 5.92 Å². The second kappa shape index (κ2) is 7.77. The van der Waals surface area contributed by atoms with Crippen molar-refractivity contribution in [2.45, 2.75) is 32.7 Å². The highest BCUT2D eigenvalue weighted by atomic mass is 16.3. The summed E-state index contributed by atoms with van der Waals surface area (Å²) in [6.07, 6.45) is 8.35. The SMILES string of the molecule is C=Cc1c(N(C)C2CN(C(=O)Cc3ccoc3)CC[C@H]2C)ccnc1C. The third kappa shape index (κ3) is 3.66. The number of carbonyl (C=O) groups is 1. The summed E-state index contributed by atoms with van der Waals surface area (Å²) in [5.41, 5.74) is 4.08. The molecule has 1 unspecified atom stereocenters. The number of furan rings is 1. The van der Waals surface area contributed by atoms with Crippen LogP contribution in [0.25, 0.3) is 6.08 Å². The second-order valence-electron chi connectivity index (χ2n) is 7.13. The fourth-order valence-electron chi connectivity index (χ4n) is 3.76. The average Bonchev–Trinajstić information content (AvgIpc) is 3.14. The van der Waals surface area contributed by atoms with E-state index in [-0.39, 0.29) is 11.9 Å². The Morgan fingerprint density at radius 2 is 2.31 bits per heavy atom. The summed E-state index contributed by atoms with van der Waals surface area (Å²) >= 11 is 0. The minimum atomic E-state index is 0.159. The number of rotatable bonds is 5. The molecule has 1 amide bonds. The molecule has 26 heavy (non-hydrogen) atoms. The zero-order valence-electron chi connectivity index (χ0n) is 15.8. The molecule has 0 saturated carbocycles. The first-order chi connectivity index (χ1) is 12.5. The number of pyridine rings is 1. The number of aryl methyl sites for hydroxylation is 1. The van der Waals surface area contributed by atoms with Crippen molar-refractivity contribution >= 4 is 17.7 Å².